The van der Waals surface area contributed by atoms with Crippen LogP contribution in [-0.4, -0.2) is 31.9 Å². The third kappa shape index (κ3) is 3.86. The van der Waals surface area contributed by atoms with E-state index in [1.165, 1.54) is 12.1 Å². The van der Waals surface area contributed by atoms with Crippen LogP contribution in [0.15, 0.2) is 65.2 Å². The summed E-state index contributed by atoms with van der Waals surface area (Å²) in [6, 6.07) is 15.9. The third-order valence-corrected chi connectivity index (χ3v) is 5.44. The van der Waals surface area contributed by atoms with Gasteiger partial charge in [-0.1, -0.05) is 30.3 Å². The van der Waals surface area contributed by atoms with E-state index in [1.54, 1.807) is 17.0 Å². The number of carbonyl (C=O) groups is 1. The van der Waals surface area contributed by atoms with E-state index in [-0.39, 0.29) is 18.3 Å². The Hall–Kier alpha value is -3.74. The molecule has 0 spiro atoms. The van der Waals surface area contributed by atoms with Crippen molar-refractivity contribution in [2.75, 3.05) is 6.54 Å². The summed E-state index contributed by atoms with van der Waals surface area (Å²) in [4.78, 5) is 24.1. The molecule has 0 bridgehead atoms. The van der Waals surface area contributed by atoms with Crippen LogP contribution in [0.25, 0.3) is 22.6 Å². The lowest BCUT2D eigenvalue weighted by Gasteiger charge is -2.25. The van der Waals surface area contributed by atoms with Crippen molar-refractivity contribution in [1.82, 2.24) is 19.4 Å². The maximum Gasteiger partial charge on any atom is 0.242 e. The fraction of sp³-hybridized carbons (Fsp3) is 0.208. The summed E-state index contributed by atoms with van der Waals surface area (Å²) in [5.41, 5.74) is 3.34. The van der Waals surface area contributed by atoms with Crippen molar-refractivity contribution < 1.29 is 13.6 Å². The van der Waals surface area contributed by atoms with Crippen LogP contribution < -0.4 is 0 Å². The summed E-state index contributed by atoms with van der Waals surface area (Å²) in [5, 5.41) is 0. The first-order valence-corrected chi connectivity index (χ1v) is 10.2. The van der Waals surface area contributed by atoms with E-state index in [0.29, 0.717) is 36.9 Å². The molecular weight excluding hydrogens is 395 g/mol. The van der Waals surface area contributed by atoms with E-state index >= 15 is 0 Å². The standard InChI is InChI=1S/C24H21FN4O2/c1-16-26-20-11-12-28(14-22(20)31-16)23(30)15-29-13-21(17-7-9-19(25)10-8-17)27-24(29)18-5-3-2-4-6-18/h2-10,13H,11-12,14-15H2,1H3. The largest absolute Gasteiger partial charge is 0.444 e. The molecule has 5 rings (SSSR count). The van der Waals surface area contributed by atoms with Crippen LogP contribution in [-0.2, 0) is 24.3 Å². The SMILES string of the molecule is Cc1nc2c(o1)CN(C(=O)Cn1cc(-c3ccc(F)cc3)nc1-c1ccccc1)CC2. The number of halogens is 1. The number of aryl methyl sites for hydroxylation is 1. The molecule has 1 amide bonds. The molecule has 0 unspecified atom stereocenters. The first kappa shape index (κ1) is 19.2. The quantitative estimate of drug-likeness (QED) is 0.499. The average molecular weight is 416 g/mol. The van der Waals surface area contributed by atoms with Crippen LogP contribution in [0.3, 0.4) is 0 Å². The molecule has 7 heteroatoms. The first-order chi connectivity index (χ1) is 15.1. The Labute approximate surface area is 179 Å². The van der Waals surface area contributed by atoms with Gasteiger partial charge in [-0.2, -0.15) is 0 Å². The lowest BCUT2D eigenvalue weighted by Crippen LogP contribution is -2.37. The Bertz CT molecular complexity index is 1230. The third-order valence-electron chi connectivity index (χ3n) is 5.44. The van der Waals surface area contributed by atoms with Gasteiger partial charge in [0.05, 0.1) is 17.9 Å². The number of imidazole rings is 1. The van der Waals surface area contributed by atoms with Crippen LogP contribution in [0.1, 0.15) is 17.3 Å². The number of rotatable bonds is 4. The molecule has 0 saturated heterocycles. The highest BCUT2D eigenvalue weighted by Gasteiger charge is 2.25. The molecule has 6 nitrogen and oxygen atoms in total. The maximum atomic E-state index is 13.3. The molecule has 3 heterocycles. The minimum absolute atomic E-state index is 0.0139. The molecule has 0 saturated carbocycles. The lowest BCUT2D eigenvalue weighted by molar-refractivity contribution is -0.133. The molecule has 2 aromatic heterocycles. The Morgan fingerprint density at radius 1 is 1.06 bits per heavy atom. The summed E-state index contributed by atoms with van der Waals surface area (Å²) in [5.74, 6) is 1.78. The fourth-order valence-electron chi connectivity index (χ4n) is 3.90. The zero-order valence-electron chi connectivity index (χ0n) is 17.1. The van der Waals surface area contributed by atoms with E-state index in [9.17, 15) is 9.18 Å². The number of nitrogens with zero attached hydrogens (tertiary/aromatic N) is 4. The normalized spacial score (nSPS) is 13.3. The molecule has 0 atom stereocenters. The van der Waals surface area contributed by atoms with Crippen LogP contribution in [0.4, 0.5) is 4.39 Å². The Kier molecular flexibility index (Phi) is 4.86. The number of hydrogen-bond acceptors (Lipinski definition) is 4. The van der Waals surface area contributed by atoms with Gasteiger partial charge < -0.3 is 13.9 Å². The van der Waals surface area contributed by atoms with Gasteiger partial charge in [-0.25, -0.2) is 14.4 Å². The number of carbonyl (C=O) groups excluding carboxylic acids is 1. The summed E-state index contributed by atoms with van der Waals surface area (Å²) >= 11 is 0. The van der Waals surface area contributed by atoms with Crippen LogP contribution >= 0.6 is 0 Å². The summed E-state index contributed by atoms with van der Waals surface area (Å²) in [7, 11) is 0. The van der Waals surface area contributed by atoms with Crippen LogP contribution in [0, 0.1) is 12.7 Å². The van der Waals surface area contributed by atoms with E-state index in [2.05, 4.69) is 4.98 Å². The van der Waals surface area contributed by atoms with E-state index in [0.717, 1.165) is 22.6 Å². The van der Waals surface area contributed by atoms with Crippen molar-refractivity contribution in [2.45, 2.75) is 26.4 Å². The molecule has 0 radical (unpaired) electrons. The fourth-order valence-corrected chi connectivity index (χ4v) is 3.90. The highest BCUT2D eigenvalue weighted by Crippen LogP contribution is 2.26. The minimum atomic E-state index is -0.297. The van der Waals surface area contributed by atoms with Crippen molar-refractivity contribution >= 4 is 5.91 Å². The minimum Gasteiger partial charge on any atom is -0.444 e. The van der Waals surface area contributed by atoms with E-state index in [4.69, 9.17) is 9.40 Å². The highest BCUT2D eigenvalue weighted by molar-refractivity contribution is 5.77. The Morgan fingerprint density at radius 2 is 1.84 bits per heavy atom. The predicted molar refractivity (Wildman–Crippen MR) is 113 cm³/mol. The van der Waals surface area contributed by atoms with Crippen molar-refractivity contribution in [3.8, 4) is 22.6 Å². The number of hydrogen-bond donors (Lipinski definition) is 0. The first-order valence-electron chi connectivity index (χ1n) is 10.2. The number of aromatic nitrogens is 3. The van der Waals surface area contributed by atoms with Gasteiger partial charge in [0, 0.05) is 37.2 Å². The zero-order valence-corrected chi connectivity index (χ0v) is 17.1. The molecule has 1 aliphatic heterocycles. The molecule has 1 aliphatic rings. The van der Waals surface area contributed by atoms with Crippen LogP contribution in [0.5, 0.6) is 0 Å². The van der Waals surface area contributed by atoms with Gasteiger partial charge in [-0.05, 0) is 24.3 Å². The molecule has 4 aromatic rings. The van der Waals surface area contributed by atoms with Crippen molar-refractivity contribution in [3.63, 3.8) is 0 Å². The predicted octanol–water partition coefficient (Wildman–Crippen LogP) is 4.24. The van der Waals surface area contributed by atoms with E-state index in [1.807, 2.05) is 48.0 Å². The second-order valence-corrected chi connectivity index (χ2v) is 7.62. The van der Waals surface area contributed by atoms with Gasteiger partial charge in [0.25, 0.3) is 0 Å². The van der Waals surface area contributed by atoms with Crippen LogP contribution in [0.2, 0.25) is 0 Å². The maximum absolute atomic E-state index is 13.3. The topological polar surface area (TPSA) is 64.2 Å². The molecule has 0 N–H and O–H groups in total. The van der Waals surface area contributed by atoms with Crippen molar-refractivity contribution in [1.29, 1.82) is 0 Å². The number of benzene rings is 2. The average Bonchev–Trinajstić information content (AvgIpc) is 3.37. The monoisotopic (exact) mass is 416 g/mol. The summed E-state index contributed by atoms with van der Waals surface area (Å²) in [6.45, 7) is 3.01. The Morgan fingerprint density at radius 3 is 2.61 bits per heavy atom. The molecule has 0 fully saturated rings. The molecule has 156 valence electrons. The summed E-state index contributed by atoms with van der Waals surface area (Å²) < 4.78 is 20.9. The van der Waals surface area contributed by atoms with E-state index < -0.39 is 0 Å². The van der Waals surface area contributed by atoms with Gasteiger partial charge in [0.15, 0.2) is 5.89 Å². The number of fused-ring (bicyclic) bond motifs is 1. The number of oxazole rings is 1. The molecule has 0 aliphatic carbocycles. The second kappa shape index (κ2) is 7.83. The smallest absolute Gasteiger partial charge is 0.242 e. The number of amides is 1. The van der Waals surface area contributed by atoms with Gasteiger partial charge in [-0.3, -0.25) is 4.79 Å². The van der Waals surface area contributed by atoms with Gasteiger partial charge in [-0.15, -0.1) is 0 Å². The van der Waals surface area contributed by atoms with Gasteiger partial charge in [0.2, 0.25) is 5.91 Å². The summed E-state index contributed by atoms with van der Waals surface area (Å²) in [6.07, 6.45) is 2.54. The highest BCUT2D eigenvalue weighted by atomic mass is 19.1. The molecule has 2 aromatic carbocycles. The lowest BCUT2D eigenvalue weighted by atomic mass is 10.1. The Balaban J connectivity index is 1.45. The van der Waals surface area contributed by atoms with Gasteiger partial charge in [0.1, 0.15) is 23.9 Å². The van der Waals surface area contributed by atoms with Crippen molar-refractivity contribution in [2.24, 2.45) is 0 Å². The van der Waals surface area contributed by atoms with Crippen molar-refractivity contribution in [3.05, 3.63) is 84.0 Å². The molecule has 31 heavy (non-hydrogen) atoms. The molecular formula is C24H21FN4O2. The zero-order chi connectivity index (χ0) is 21.4. The second-order valence-electron chi connectivity index (χ2n) is 7.62. The van der Waals surface area contributed by atoms with Gasteiger partial charge >= 0.3 is 0 Å².